The van der Waals surface area contributed by atoms with E-state index >= 15 is 0 Å². The number of rotatable bonds is 5. The molecule has 3 aromatic rings. The van der Waals surface area contributed by atoms with Gasteiger partial charge in [-0.05, 0) is 57.9 Å². The van der Waals surface area contributed by atoms with Crippen LogP contribution in [0.25, 0.3) is 0 Å². The van der Waals surface area contributed by atoms with Gasteiger partial charge in [0.25, 0.3) is 5.91 Å². The number of hydrogen-bond acceptors (Lipinski definition) is 2. The third-order valence-corrected chi connectivity index (χ3v) is 5.25. The number of hydrogen-bond donors (Lipinski definition) is 1. The Morgan fingerprint density at radius 3 is 2.25 bits per heavy atom. The van der Waals surface area contributed by atoms with Gasteiger partial charge in [-0.15, -0.1) is 11.8 Å². The van der Waals surface area contributed by atoms with Crippen molar-refractivity contribution in [3.8, 4) is 0 Å². The van der Waals surface area contributed by atoms with Crippen molar-refractivity contribution in [1.82, 2.24) is 0 Å². The number of nitrogens with one attached hydrogen (secondary N) is 1. The SMILES string of the molecule is O=C(Nc1ccc(CSc2ccccc2)cc1)c1ccccc1Br. The Bertz CT molecular complexity index is 819. The summed E-state index contributed by atoms with van der Waals surface area (Å²) in [6.07, 6.45) is 0. The van der Waals surface area contributed by atoms with Crippen LogP contribution in [0, 0.1) is 0 Å². The molecule has 1 amide bonds. The predicted octanol–water partition coefficient (Wildman–Crippen LogP) is 5.99. The normalized spacial score (nSPS) is 10.4. The number of carbonyl (C=O) groups excluding carboxylic acids is 1. The molecule has 2 nitrogen and oxygen atoms in total. The lowest BCUT2D eigenvalue weighted by molar-refractivity contribution is 0.102. The molecule has 0 aromatic heterocycles. The standard InChI is InChI=1S/C20H16BrNOS/c21-19-9-5-4-8-18(19)20(23)22-16-12-10-15(11-13-16)14-24-17-6-2-1-3-7-17/h1-13H,14H2,(H,22,23). The molecule has 24 heavy (non-hydrogen) atoms. The number of benzene rings is 3. The highest BCUT2D eigenvalue weighted by molar-refractivity contribution is 9.10. The van der Waals surface area contributed by atoms with E-state index in [1.807, 2.05) is 60.7 Å². The largest absolute Gasteiger partial charge is 0.322 e. The maximum absolute atomic E-state index is 12.3. The van der Waals surface area contributed by atoms with E-state index in [1.165, 1.54) is 10.5 Å². The average Bonchev–Trinajstić information content (AvgIpc) is 2.62. The zero-order valence-electron chi connectivity index (χ0n) is 12.9. The molecule has 0 saturated carbocycles. The minimum atomic E-state index is -0.117. The molecule has 120 valence electrons. The average molecular weight is 398 g/mol. The molecule has 3 aromatic carbocycles. The number of anilines is 1. The van der Waals surface area contributed by atoms with Gasteiger partial charge in [-0.1, -0.05) is 42.5 Å². The van der Waals surface area contributed by atoms with E-state index in [0.717, 1.165) is 15.9 Å². The van der Waals surface area contributed by atoms with E-state index in [0.29, 0.717) is 5.56 Å². The first-order chi connectivity index (χ1) is 11.7. The fourth-order valence-electron chi connectivity index (χ4n) is 2.21. The monoisotopic (exact) mass is 397 g/mol. The highest BCUT2D eigenvalue weighted by Gasteiger charge is 2.09. The maximum atomic E-state index is 12.3. The van der Waals surface area contributed by atoms with E-state index < -0.39 is 0 Å². The molecular formula is C20H16BrNOS. The molecule has 3 rings (SSSR count). The molecule has 0 fully saturated rings. The molecule has 0 aliphatic carbocycles. The summed E-state index contributed by atoms with van der Waals surface area (Å²) in [5.41, 5.74) is 2.65. The van der Waals surface area contributed by atoms with Crippen molar-refractivity contribution in [2.75, 3.05) is 5.32 Å². The molecule has 4 heteroatoms. The Kier molecular flexibility index (Phi) is 5.72. The van der Waals surface area contributed by atoms with E-state index in [9.17, 15) is 4.79 Å². The second kappa shape index (κ2) is 8.18. The smallest absolute Gasteiger partial charge is 0.256 e. The zero-order chi connectivity index (χ0) is 16.8. The van der Waals surface area contributed by atoms with Gasteiger partial charge in [-0.2, -0.15) is 0 Å². The Morgan fingerprint density at radius 2 is 1.54 bits per heavy atom. The van der Waals surface area contributed by atoms with Crippen LogP contribution in [-0.2, 0) is 5.75 Å². The fraction of sp³-hybridized carbons (Fsp3) is 0.0500. The molecule has 0 aliphatic rings. The van der Waals surface area contributed by atoms with Crippen LogP contribution < -0.4 is 5.32 Å². The molecular weight excluding hydrogens is 382 g/mol. The molecule has 0 heterocycles. The Hall–Kier alpha value is -2.04. The van der Waals surface area contributed by atoms with E-state index in [4.69, 9.17) is 0 Å². The summed E-state index contributed by atoms with van der Waals surface area (Å²) < 4.78 is 0.790. The van der Waals surface area contributed by atoms with Crippen molar-refractivity contribution in [1.29, 1.82) is 0 Å². The molecule has 1 N–H and O–H groups in total. The van der Waals surface area contributed by atoms with Crippen LogP contribution in [0.4, 0.5) is 5.69 Å². The van der Waals surface area contributed by atoms with Crippen molar-refractivity contribution in [3.63, 3.8) is 0 Å². The summed E-state index contributed by atoms with van der Waals surface area (Å²) in [6.45, 7) is 0. The number of halogens is 1. The highest BCUT2D eigenvalue weighted by Crippen LogP contribution is 2.23. The van der Waals surface area contributed by atoms with E-state index in [1.54, 1.807) is 17.8 Å². The lowest BCUT2D eigenvalue weighted by atomic mass is 10.2. The summed E-state index contributed by atoms with van der Waals surface area (Å²) >= 11 is 5.20. The van der Waals surface area contributed by atoms with Gasteiger partial charge in [-0.25, -0.2) is 0 Å². The van der Waals surface area contributed by atoms with Gasteiger partial charge in [0.2, 0.25) is 0 Å². The Morgan fingerprint density at radius 1 is 0.875 bits per heavy atom. The quantitative estimate of drug-likeness (QED) is 0.535. The molecule has 0 saturated heterocycles. The van der Waals surface area contributed by atoms with E-state index in [2.05, 4.69) is 33.4 Å². The number of thioether (sulfide) groups is 1. The predicted molar refractivity (Wildman–Crippen MR) is 105 cm³/mol. The molecule has 0 spiro atoms. The van der Waals surface area contributed by atoms with Crippen LogP contribution in [0.3, 0.4) is 0 Å². The summed E-state index contributed by atoms with van der Waals surface area (Å²) in [7, 11) is 0. The van der Waals surface area contributed by atoms with Gasteiger partial charge in [-0.3, -0.25) is 4.79 Å². The van der Waals surface area contributed by atoms with Crippen LogP contribution in [0.15, 0.2) is 88.2 Å². The first-order valence-electron chi connectivity index (χ1n) is 7.55. The van der Waals surface area contributed by atoms with Crippen LogP contribution in [-0.4, -0.2) is 5.91 Å². The molecule has 0 radical (unpaired) electrons. The van der Waals surface area contributed by atoms with Crippen molar-refractivity contribution >= 4 is 39.3 Å². The third kappa shape index (κ3) is 4.49. The number of carbonyl (C=O) groups is 1. The topological polar surface area (TPSA) is 29.1 Å². The first kappa shape index (κ1) is 16.8. The molecule has 0 unspecified atom stereocenters. The molecule has 0 aliphatic heterocycles. The van der Waals surface area contributed by atoms with Crippen molar-refractivity contribution in [2.45, 2.75) is 10.6 Å². The lowest BCUT2D eigenvalue weighted by Gasteiger charge is -2.08. The van der Waals surface area contributed by atoms with Gasteiger partial charge in [0.05, 0.1) is 5.56 Å². The van der Waals surface area contributed by atoms with Crippen LogP contribution >= 0.6 is 27.7 Å². The number of amides is 1. The summed E-state index contributed by atoms with van der Waals surface area (Å²) in [6, 6.07) is 25.7. The highest BCUT2D eigenvalue weighted by atomic mass is 79.9. The van der Waals surface area contributed by atoms with Crippen molar-refractivity contribution < 1.29 is 4.79 Å². The zero-order valence-corrected chi connectivity index (χ0v) is 15.3. The Balaban J connectivity index is 1.60. The minimum Gasteiger partial charge on any atom is -0.322 e. The second-order valence-corrected chi connectivity index (χ2v) is 7.14. The van der Waals surface area contributed by atoms with Crippen molar-refractivity contribution in [3.05, 3.63) is 94.5 Å². The fourth-order valence-corrected chi connectivity index (χ4v) is 3.55. The first-order valence-corrected chi connectivity index (χ1v) is 9.33. The third-order valence-electron chi connectivity index (χ3n) is 3.48. The van der Waals surface area contributed by atoms with E-state index in [-0.39, 0.29) is 5.91 Å². The van der Waals surface area contributed by atoms with Crippen LogP contribution in [0.1, 0.15) is 15.9 Å². The maximum Gasteiger partial charge on any atom is 0.256 e. The lowest BCUT2D eigenvalue weighted by Crippen LogP contribution is -2.12. The summed E-state index contributed by atoms with van der Waals surface area (Å²) in [5.74, 6) is 0.788. The summed E-state index contributed by atoms with van der Waals surface area (Å²) in [4.78, 5) is 13.5. The van der Waals surface area contributed by atoms with Gasteiger partial charge in [0.15, 0.2) is 0 Å². The van der Waals surface area contributed by atoms with Gasteiger partial charge < -0.3 is 5.32 Å². The minimum absolute atomic E-state index is 0.117. The van der Waals surface area contributed by atoms with Crippen molar-refractivity contribution in [2.24, 2.45) is 0 Å². The van der Waals surface area contributed by atoms with Crippen LogP contribution in [0.5, 0.6) is 0 Å². The van der Waals surface area contributed by atoms with Gasteiger partial charge in [0.1, 0.15) is 0 Å². The van der Waals surface area contributed by atoms with Gasteiger partial charge >= 0.3 is 0 Å². The van der Waals surface area contributed by atoms with Crippen LogP contribution in [0.2, 0.25) is 0 Å². The van der Waals surface area contributed by atoms with Gasteiger partial charge in [0, 0.05) is 20.8 Å². The second-order valence-electron chi connectivity index (χ2n) is 5.23. The molecule has 0 bridgehead atoms. The molecule has 0 atom stereocenters. The Labute approximate surface area is 154 Å². The summed E-state index contributed by atoms with van der Waals surface area (Å²) in [5, 5.41) is 2.92.